The van der Waals surface area contributed by atoms with Crippen LogP contribution in [0.5, 0.6) is 0 Å². The molecule has 0 saturated heterocycles. The minimum atomic E-state index is -4.47. The highest BCUT2D eigenvalue weighted by Gasteiger charge is 2.28. The summed E-state index contributed by atoms with van der Waals surface area (Å²) in [5.74, 6) is -0.708. The van der Waals surface area contributed by atoms with E-state index in [1.807, 2.05) is 19.0 Å². The van der Waals surface area contributed by atoms with Crippen molar-refractivity contribution in [1.29, 1.82) is 0 Å². The van der Waals surface area contributed by atoms with Crippen LogP contribution in [0.4, 0.5) is 13.2 Å². The van der Waals surface area contributed by atoms with Crippen LogP contribution in [0.3, 0.4) is 0 Å². The normalized spacial score (nSPS) is 11.7. The first-order chi connectivity index (χ1) is 8.78. The van der Waals surface area contributed by atoms with E-state index in [0.29, 0.717) is 6.54 Å². The third kappa shape index (κ3) is 6.21. The summed E-state index contributed by atoms with van der Waals surface area (Å²) in [6.07, 6.45) is -4.47. The Hall–Kier alpha value is -1.60. The molecule has 1 aromatic carbocycles. The van der Waals surface area contributed by atoms with Gasteiger partial charge in [-0.1, -0.05) is 12.1 Å². The molecule has 0 fully saturated rings. The third-order valence-electron chi connectivity index (χ3n) is 2.12. The van der Waals surface area contributed by atoms with Gasteiger partial charge in [-0.3, -0.25) is 9.63 Å². The SMILES string of the molecule is CN(C)Cc1ccc(C(=O)NOCC(F)(F)F)cc1. The van der Waals surface area contributed by atoms with Gasteiger partial charge in [0.05, 0.1) is 0 Å². The Balaban J connectivity index is 2.49. The van der Waals surface area contributed by atoms with Gasteiger partial charge in [-0.25, -0.2) is 5.48 Å². The molecule has 7 heteroatoms. The summed E-state index contributed by atoms with van der Waals surface area (Å²) >= 11 is 0. The molecule has 0 aliphatic carbocycles. The van der Waals surface area contributed by atoms with Gasteiger partial charge in [0.1, 0.15) is 0 Å². The molecule has 19 heavy (non-hydrogen) atoms. The van der Waals surface area contributed by atoms with E-state index in [2.05, 4.69) is 4.84 Å². The van der Waals surface area contributed by atoms with Gasteiger partial charge in [-0.2, -0.15) is 13.2 Å². The average Bonchev–Trinajstić information content (AvgIpc) is 2.27. The van der Waals surface area contributed by atoms with E-state index in [-0.39, 0.29) is 5.56 Å². The maximum Gasteiger partial charge on any atom is 0.414 e. The molecule has 0 bridgehead atoms. The second-order valence-corrected chi connectivity index (χ2v) is 4.27. The van der Waals surface area contributed by atoms with E-state index in [4.69, 9.17) is 0 Å². The summed E-state index contributed by atoms with van der Waals surface area (Å²) in [6, 6.07) is 6.54. The van der Waals surface area contributed by atoms with E-state index in [1.165, 1.54) is 12.1 Å². The van der Waals surface area contributed by atoms with Crippen LogP contribution in [0.2, 0.25) is 0 Å². The van der Waals surface area contributed by atoms with Crippen molar-refractivity contribution in [3.63, 3.8) is 0 Å². The molecular weight excluding hydrogens is 261 g/mol. The number of carbonyl (C=O) groups excluding carboxylic acids is 1. The van der Waals surface area contributed by atoms with Crippen LogP contribution in [0, 0.1) is 0 Å². The lowest BCUT2D eigenvalue weighted by molar-refractivity contribution is -0.184. The number of alkyl halides is 3. The standard InChI is InChI=1S/C12H15F3N2O2/c1-17(2)7-9-3-5-10(6-4-9)11(18)16-19-8-12(13,14)15/h3-6H,7-8H2,1-2H3,(H,16,18). The predicted molar refractivity (Wildman–Crippen MR) is 63.3 cm³/mol. The van der Waals surface area contributed by atoms with E-state index in [0.717, 1.165) is 5.56 Å². The molecule has 1 N–H and O–H groups in total. The number of nitrogens with zero attached hydrogens (tertiary/aromatic N) is 1. The summed E-state index contributed by atoms with van der Waals surface area (Å²) < 4.78 is 35.4. The van der Waals surface area contributed by atoms with E-state index in [1.54, 1.807) is 17.6 Å². The van der Waals surface area contributed by atoms with Crippen molar-refractivity contribution in [3.05, 3.63) is 35.4 Å². The fourth-order valence-electron chi connectivity index (χ4n) is 1.37. The van der Waals surface area contributed by atoms with Crippen molar-refractivity contribution in [2.24, 2.45) is 0 Å². The fraction of sp³-hybridized carbons (Fsp3) is 0.417. The Labute approximate surface area is 109 Å². The number of hydroxylamine groups is 1. The molecule has 1 amide bonds. The number of hydrogen-bond donors (Lipinski definition) is 1. The molecule has 0 aromatic heterocycles. The van der Waals surface area contributed by atoms with Crippen molar-refractivity contribution < 1.29 is 22.8 Å². The number of hydrogen-bond acceptors (Lipinski definition) is 3. The van der Waals surface area contributed by atoms with Crippen LogP contribution < -0.4 is 5.48 Å². The van der Waals surface area contributed by atoms with Crippen molar-refractivity contribution in [1.82, 2.24) is 10.4 Å². The average molecular weight is 276 g/mol. The molecule has 1 aromatic rings. The predicted octanol–water partition coefficient (Wildman–Crippen LogP) is 1.97. The van der Waals surface area contributed by atoms with Gasteiger partial charge in [-0.15, -0.1) is 0 Å². The van der Waals surface area contributed by atoms with Crippen LogP contribution in [0.25, 0.3) is 0 Å². The Morgan fingerprint density at radius 3 is 2.32 bits per heavy atom. The molecular formula is C12H15F3N2O2. The largest absolute Gasteiger partial charge is 0.414 e. The van der Waals surface area contributed by atoms with Crippen molar-refractivity contribution in [2.45, 2.75) is 12.7 Å². The van der Waals surface area contributed by atoms with Gasteiger partial charge in [0, 0.05) is 12.1 Å². The maximum absolute atomic E-state index is 11.8. The lowest BCUT2D eigenvalue weighted by Gasteiger charge is -2.10. The van der Waals surface area contributed by atoms with Crippen LogP contribution in [0.15, 0.2) is 24.3 Å². The molecule has 0 atom stereocenters. The monoisotopic (exact) mass is 276 g/mol. The highest BCUT2D eigenvalue weighted by atomic mass is 19.4. The summed E-state index contributed by atoms with van der Waals surface area (Å²) in [4.78, 5) is 17.5. The van der Waals surface area contributed by atoms with Gasteiger partial charge in [-0.05, 0) is 31.8 Å². The first-order valence-electron chi connectivity index (χ1n) is 5.50. The summed E-state index contributed by atoms with van der Waals surface area (Å²) in [5, 5.41) is 0. The van der Waals surface area contributed by atoms with Crippen molar-refractivity contribution >= 4 is 5.91 Å². The zero-order valence-corrected chi connectivity index (χ0v) is 10.6. The van der Waals surface area contributed by atoms with Crippen LogP contribution >= 0.6 is 0 Å². The molecule has 0 heterocycles. The van der Waals surface area contributed by atoms with Crippen molar-refractivity contribution in [3.8, 4) is 0 Å². The Bertz CT molecular complexity index is 416. The molecule has 1 rings (SSSR count). The molecule has 0 unspecified atom stereocenters. The Morgan fingerprint density at radius 1 is 1.26 bits per heavy atom. The van der Waals surface area contributed by atoms with E-state index in [9.17, 15) is 18.0 Å². The van der Waals surface area contributed by atoms with Gasteiger partial charge in [0.2, 0.25) is 0 Å². The zero-order valence-electron chi connectivity index (χ0n) is 10.6. The van der Waals surface area contributed by atoms with Crippen molar-refractivity contribution in [2.75, 3.05) is 20.7 Å². The highest BCUT2D eigenvalue weighted by molar-refractivity contribution is 5.93. The van der Waals surface area contributed by atoms with Crippen LogP contribution in [0.1, 0.15) is 15.9 Å². The maximum atomic E-state index is 11.8. The first-order valence-corrected chi connectivity index (χ1v) is 5.50. The fourth-order valence-corrected chi connectivity index (χ4v) is 1.37. The zero-order chi connectivity index (χ0) is 14.5. The number of nitrogens with one attached hydrogen (secondary N) is 1. The minimum Gasteiger partial charge on any atom is -0.305 e. The van der Waals surface area contributed by atoms with Gasteiger partial charge >= 0.3 is 6.18 Å². The second kappa shape index (κ2) is 6.53. The number of benzene rings is 1. The third-order valence-corrected chi connectivity index (χ3v) is 2.12. The summed E-state index contributed by atoms with van der Waals surface area (Å²) in [5.41, 5.74) is 2.98. The lowest BCUT2D eigenvalue weighted by atomic mass is 10.1. The Morgan fingerprint density at radius 2 is 1.84 bits per heavy atom. The van der Waals surface area contributed by atoms with E-state index < -0.39 is 18.7 Å². The van der Waals surface area contributed by atoms with Gasteiger partial charge in [0.15, 0.2) is 6.61 Å². The molecule has 0 aliphatic heterocycles. The smallest absolute Gasteiger partial charge is 0.305 e. The molecule has 4 nitrogen and oxygen atoms in total. The number of amides is 1. The molecule has 0 saturated carbocycles. The summed E-state index contributed by atoms with van der Waals surface area (Å²) in [6.45, 7) is -0.802. The number of rotatable bonds is 5. The molecule has 0 radical (unpaired) electrons. The molecule has 0 spiro atoms. The summed E-state index contributed by atoms with van der Waals surface area (Å²) in [7, 11) is 3.82. The minimum absolute atomic E-state index is 0.240. The van der Waals surface area contributed by atoms with Gasteiger partial charge < -0.3 is 4.90 Å². The molecule has 0 aliphatic rings. The quantitative estimate of drug-likeness (QED) is 0.836. The van der Waals surface area contributed by atoms with Crippen LogP contribution in [-0.2, 0) is 11.4 Å². The highest BCUT2D eigenvalue weighted by Crippen LogP contribution is 2.13. The first kappa shape index (κ1) is 15.5. The van der Waals surface area contributed by atoms with E-state index >= 15 is 0 Å². The lowest BCUT2D eigenvalue weighted by Crippen LogP contribution is -2.29. The number of halogens is 3. The Kier molecular flexibility index (Phi) is 5.31. The van der Waals surface area contributed by atoms with Gasteiger partial charge in [0.25, 0.3) is 5.91 Å². The number of carbonyl (C=O) groups is 1. The second-order valence-electron chi connectivity index (χ2n) is 4.27. The molecule has 106 valence electrons. The van der Waals surface area contributed by atoms with Crippen LogP contribution in [-0.4, -0.2) is 37.7 Å². The topological polar surface area (TPSA) is 41.6 Å².